The number of hydrogen-bond donors (Lipinski definition) is 3. The van der Waals surface area contributed by atoms with Gasteiger partial charge in [-0.25, -0.2) is 9.97 Å². The Hall–Kier alpha value is -1.56. The number of methoxy groups -OCH3 is 3. The summed E-state index contributed by atoms with van der Waals surface area (Å²) >= 11 is 1.59. The molecule has 2 aromatic rings. The number of aromatic nitrogens is 2. The van der Waals surface area contributed by atoms with E-state index in [4.69, 9.17) is 25.7 Å². The van der Waals surface area contributed by atoms with Gasteiger partial charge in [0, 0.05) is 43.9 Å². The second-order valence-electron chi connectivity index (χ2n) is 7.26. The van der Waals surface area contributed by atoms with Crippen molar-refractivity contribution < 1.29 is 14.2 Å². The quantitative estimate of drug-likeness (QED) is 0.228. The zero-order valence-corrected chi connectivity index (χ0v) is 22.9. The first-order chi connectivity index (χ1) is 15.0. The molecule has 0 aliphatic carbocycles. The molecule has 5 N–H and O–H groups in total. The number of nitrogens with zero attached hydrogens (tertiary/aromatic N) is 3. The van der Waals surface area contributed by atoms with Gasteiger partial charge >= 0.3 is 0 Å². The van der Waals surface area contributed by atoms with Crippen LogP contribution in [-0.4, -0.2) is 74.7 Å². The van der Waals surface area contributed by atoms with Crippen LogP contribution in [0.5, 0.6) is 17.2 Å². The van der Waals surface area contributed by atoms with E-state index in [2.05, 4.69) is 20.2 Å². The second-order valence-corrected chi connectivity index (χ2v) is 8.32. The minimum atomic E-state index is 0. The van der Waals surface area contributed by atoms with Gasteiger partial charge in [-0.15, -0.1) is 37.2 Å². The minimum absolute atomic E-state index is 0. The van der Waals surface area contributed by atoms with Gasteiger partial charge in [-0.3, -0.25) is 0 Å². The van der Waals surface area contributed by atoms with Gasteiger partial charge in [0.15, 0.2) is 16.7 Å². The Balaban J connectivity index is 0.00000363. The molecule has 1 aromatic heterocycles. The molecular formula is C21H35Cl3N6O3S. The number of benzene rings is 1. The smallest absolute Gasteiger partial charge is 0.203 e. The van der Waals surface area contributed by atoms with Gasteiger partial charge in [0.25, 0.3) is 0 Å². The Labute approximate surface area is 224 Å². The Morgan fingerprint density at radius 1 is 0.941 bits per heavy atom. The number of anilines is 2. The molecule has 0 unspecified atom stereocenters. The average molecular weight is 558 g/mol. The highest BCUT2D eigenvalue weighted by atomic mass is 35.5. The maximum Gasteiger partial charge on any atom is 0.203 e. The molecule has 0 spiro atoms. The second kappa shape index (κ2) is 16.2. The van der Waals surface area contributed by atoms with Crippen LogP contribution in [0, 0.1) is 0 Å². The Morgan fingerprint density at radius 2 is 1.50 bits per heavy atom. The predicted molar refractivity (Wildman–Crippen MR) is 146 cm³/mol. The zero-order valence-electron chi connectivity index (χ0n) is 19.7. The third-order valence-corrected chi connectivity index (χ3v) is 6.15. The van der Waals surface area contributed by atoms with E-state index in [9.17, 15) is 0 Å². The molecule has 1 aliphatic heterocycles. The molecule has 0 radical (unpaired) electrons. The third-order valence-electron chi connectivity index (χ3n) is 5.22. The van der Waals surface area contributed by atoms with E-state index in [1.165, 1.54) is 0 Å². The van der Waals surface area contributed by atoms with Crippen LogP contribution in [0.25, 0.3) is 0 Å². The Kier molecular flexibility index (Phi) is 15.4. The van der Waals surface area contributed by atoms with Crippen LogP contribution in [0.2, 0.25) is 0 Å². The number of ether oxygens (including phenoxy) is 3. The zero-order chi connectivity index (χ0) is 22.2. The Morgan fingerprint density at radius 3 is 2.00 bits per heavy atom. The van der Waals surface area contributed by atoms with E-state index in [1.54, 1.807) is 33.1 Å². The summed E-state index contributed by atoms with van der Waals surface area (Å²) in [4.78, 5) is 11.4. The highest BCUT2D eigenvalue weighted by molar-refractivity contribution is 7.99. The largest absolute Gasteiger partial charge is 0.493 e. The average Bonchev–Trinajstić information content (AvgIpc) is 2.79. The summed E-state index contributed by atoms with van der Waals surface area (Å²) in [5, 5.41) is 3.98. The van der Waals surface area contributed by atoms with Gasteiger partial charge in [-0.05, 0) is 30.7 Å². The lowest BCUT2D eigenvalue weighted by Crippen LogP contribution is -2.43. The first kappa shape index (κ1) is 32.4. The summed E-state index contributed by atoms with van der Waals surface area (Å²) in [6.07, 6.45) is 1.53. The summed E-state index contributed by atoms with van der Waals surface area (Å²) in [5.41, 5.74) is 14.1. The van der Waals surface area contributed by atoms with Gasteiger partial charge in [0.1, 0.15) is 11.6 Å². The molecule has 9 nitrogen and oxygen atoms in total. The van der Waals surface area contributed by atoms with Crippen molar-refractivity contribution in [3.8, 4) is 17.2 Å². The summed E-state index contributed by atoms with van der Waals surface area (Å²) in [5.74, 6) is 3.41. The fourth-order valence-corrected chi connectivity index (χ4v) is 4.35. The van der Waals surface area contributed by atoms with Crippen LogP contribution in [0.1, 0.15) is 17.5 Å². The number of halogens is 3. The summed E-state index contributed by atoms with van der Waals surface area (Å²) in [7, 11) is 4.74. The van der Waals surface area contributed by atoms with E-state index in [1.807, 2.05) is 12.1 Å². The standard InChI is InChI=1S/C21H32N6O3S.3ClH/c1-28-16-12-14(13-17(29-2)18(16)30-3)11-15-19(22)25-21(26-20(15)23)31-10-4-7-27-8-5-24-6-9-27;;;/h12-13,24H,4-11H2,1-3H3,(H4,22,23,25,26);3*1H. The van der Waals surface area contributed by atoms with Crippen molar-refractivity contribution in [1.29, 1.82) is 0 Å². The predicted octanol–water partition coefficient (Wildman–Crippen LogP) is 2.91. The number of nitrogens with two attached hydrogens (primary N) is 2. The number of nitrogen functional groups attached to an aromatic ring is 2. The van der Waals surface area contributed by atoms with Crippen molar-refractivity contribution in [3.05, 3.63) is 23.3 Å². The van der Waals surface area contributed by atoms with Crippen molar-refractivity contribution in [1.82, 2.24) is 20.2 Å². The Bertz CT molecular complexity index is 843. The van der Waals surface area contributed by atoms with Gasteiger partial charge in [-0.1, -0.05) is 11.8 Å². The molecule has 0 saturated carbocycles. The van der Waals surface area contributed by atoms with E-state index in [0.717, 1.165) is 50.5 Å². The number of thioether (sulfide) groups is 1. The summed E-state index contributed by atoms with van der Waals surface area (Å²) in [6, 6.07) is 3.75. The van der Waals surface area contributed by atoms with Gasteiger partial charge in [0.2, 0.25) is 5.75 Å². The fraction of sp³-hybridized carbons (Fsp3) is 0.524. The molecule has 2 heterocycles. The number of piperazine rings is 1. The van der Waals surface area contributed by atoms with E-state index < -0.39 is 0 Å². The first-order valence-electron chi connectivity index (χ1n) is 10.3. The first-order valence-corrected chi connectivity index (χ1v) is 11.3. The van der Waals surface area contributed by atoms with Gasteiger partial charge in [-0.2, -0.15) is 0 Å². The van der Waals surface area contributed by atoms with Crippen LogP contribution in [0.4, 0.5) is 11.6 Å². The van der Waals surface area contributed by atoms with Crippen LogP contribution in [-0.2, 0) is 6.42 Å². The molecule has 3 rings (SSSR count). The van der Waals surface area contributed by atoms with Crippen LogP contribution in [0.3, 0.4) is 0 Å². The third kappa shape index (κ3) is 8.58. The maximum absolute atomic E-state index is 6.24. The molecule has 34 heavy (non-hydrogen) atoms. The molecule has 13 heteroatoms. The maximum atomic E-state index is 6.24. The van der Waals surface area contributed by atoms with Crippen molar-refractivity contribution in [2.24, 2.45) is 0 Å². The van der Waals surface area contributed by atoms with Crippen molar-refractivity contribution in [2.75, 3.05) is 71.3 Å². The minimum Gasteiger partial charge on any atom is -0.493 e. The van der Waals surface area contributed by atoms with Gasteiger partial charge < -0.3 is 35.9 Å². The number of hydrogen-bond acceptors (Lipinski definition) is 10. The van der Waals surface area contributed by atoms with Crippen molar-refractivity contribution in [2.45, 2.75) is 18.0 Å². The molecule has 1 aromatic carbocycles. The fourth-order valence-electron chi connectivity index (χ4n) is 3.57. The molecular weight excluding hydrogens is 523 g/mol. The van der Waals surface area contributed by atoms with E-state index >= 15 is 0 Å². The molecule has 1 aliphatic rings. The topological polar surface area (TPSA) is 121 Å². The molecule has 1 fully saturated rings. The lowest BCUT2D eigenvalue weighted by Gasteiger charge is -2.26. The van der Waals surface area contributed by atoms with Crippen LogP contribution >= 0.6 is 49.0 Å². The molecule has 1 saturated heterocycles. The number of nitrogens with one attached hydrogen (secondary N) is 1. The SMILES string of the molecule is COc1cc(Cc2c(N)nc(SCCCN3CCNCC3)nc2N)cc(OC)c1OC.Cl.Cl.Cl. The van der Waals surface area contributed by atoms with Crippen LogP contribution in [0.15, 0.2) is 17.3 Å². The molecule has 194 valence electrons. The lowest BCUT2D eigenvalue weighted by atomic mass is 10.0. The molecule has 0 bridgehead atoms. The van der Waals surface area contributed by atoms with E-state index in [-0.39, 0.29) is 37.2 Å². The molecule has 0 amide bonds. The van der Waals surface area contributed by atoms with Crippen molar-refractivity contribution in [3.63, 3.8) is 0 Å². The van der Waals surface area contributed by atoms with Crippen molar-refractivity contribution >= 4 is 60.6 Å². The summed E-state index contributed by atoms with van der Waals surface area (Å²) < 4.78 is 16.2. The lowest BCUT2D eigenvalue weighted by molar-refractivity contribution is 0.242. The summed E-state index contributed by atoms with van der Waals surface area (Å²) in [6.45, 7) is 5.43. The van der Waals surface area contributed by atoms with E-state index in [0.29, 0.717) is 46.0 Å². The monoisotopic (exact) mass is 556 g/mol. The van der Waals surface area contributed by atoms with Crippen LogP contribution < -0.4 is 31.0 Å². The highest BCUT2D eigenvalue weighted by Gasteiger charge is 2.17. The normalized spacial score (nSPS) is 13.1. The highest BCUT2D eigenvalue weighted by Crippen LogP contribution is 2.39. The van der Waals surface area contributed by atoms with Gasteiger partial charge in [0.05, 0.1) is 21.3 Å². The molecule has 0 atom stereocenters. The number of rotatable bonds is 10.